The molecule has 6 amide bonds. The number of rotatable bonds is 36. The van der Waals surface area contributed by atoms with Crippen molar-refractivity contribution in [2.75, 3.05) is 25.7 Å². The van der Waals surface area contributed by atoms with Crippen molar-refractivity contribution in [3.63, 3.8) is 0 Å². The Bertz CT molecular complexity index is 3030. The van der Waals surface area contributed by atoms with Crippen LogP contribution in [-0.2, 0) is 60.4 Å². The average molecular weight is 1320 g/mol. The first kappa shape index (κ1) is 77.3. The summed E-state index contributed by atoms with van der Waals surface area (Å²) >= 11 is 1.44. The number of amides is 6. The Kier molecular flexibility index (Phi) is 30.6. The van der Waals surface area contributed by atoms with Crippen molar-refractivity contribution in [2.45, 2.75) is 199 Å². The Labute approximate surface area is 552 Å². The van der Waals surface area contributed by atoms with Gasteiger partial charge in [-0.25, -0.2) is 9.59 Å². The van der Waals surface area contributed by atoms with Crippen molar-refractivity contribution in [3.05, 3.63) is 138 Å². The van der Waals surface area contributed by atoms with Gasteiger partial charge in [0.2, 0.25) is 29.5 Å². The highest BCUT2D eigenvalue weighted by atomic mass is 32.2. The third kappa shape index (κ3) is 22.6. The van der Waals surface area contributed by atoms with Crippen molar-refractivity contribution in [1.29, 1.82) is 0 Å². The number of hydrogen-bond acceptors (Lipinski definition) is 13. The molecule has 0 radical (unpaired) electrons. The van der Waals surface area contributed by atoms with Gasteiger partial charge < -0.3 is 55.9 Å². The van der Waals surface area contributed by atoms with E-state index >= 15 is 9.59 Å². The molecule has 19 nitrogen and oxygen atoms in total. The number of carboxylic acids is 1. The summed E-state index contributed by atoms with van der Waals surface area (Å²) in [6.45, 7) is 25.7. The number of carbonyl (C=O) groups excluding carboxylic acids is 7. The zero-order chi connectivity index (χ0) is 68.6. The van der Waals surface area contributed by atoms with Crippen LogP contribution in [0.2, 0.25) is 23.2 Å². The molecule has 4 rings (SSSR count). The second kappa shape index (κ2) is 36.4. The lowest BCUT2D eigenvalue weighted by Gasteiger charge is -2.43. The average Bonchev–Trinajstić information content (AvgIpc) is 0.752. The number of nitrogens with one attached hydrogen (secondary N) is 5. The first-order valence-electron chi connectivity index (χ1n) is 32.0. The highest BCUT2D eigenvalue weighted by Crippen LogP contribution is 2.38. The smallest absolute Gasteiger partial charge is 0.352 e. The van der Waals surface area contributed by atoms with Gasteiger partial charge >= 0.3 is 20.3 Å². The van der Waals surface area contributed by atoms with E-state index in [1.54, 1.807) is 13.8 Å². The summed E-state index contributed by atoms with van der Waals surface area (Å²) in [6, 6.07) is 29.0. The SMILES string of the molecule is C/C=C(\NC(=O)[C@@H](NC(=O)[C@H](CCSC)NC(=O)CCCCC)[C@@H](C)OC(=O)[C@@H](NC(=O)[C@H](Cc1ccc(O[Si](c2ccccc2)(c2ccccc2)C(C)(C)C)cc1)N(C)C(=O)[C@H](Cc1ccccc1)NC(=O)[C@@H](N)CCCO[Si](C)(C)C(C)(C)C)C(C)C)C(=O)O. The second-order valence-corrected chi connectivity index (χ2v) is 36.4. The van der Waals surface area contributed by atoms with Crippen LogP contribution in [0.3, 0.4) is 0 Å². The number of carboxylic acid groups (broad SMARTS) is 1. The van der Waals surface area contributed by atoms with Crippen molar-refractivity contribution in [1.82, 2.24) is 31.5 Å². The van der Waals surface area contributed by atoms with E-state index in [1.807, 2.05) is 104 Å². The summed E-state index contributed by atoms with van der Waals surface area (Å²) in [4.78, 5) is 114. The Balaban J connectivity index is 1.78. The molecular weight excluding hydrogens is 1220 g/mol. The molecule has 4 aromatic rings. The molecule has 0 spiro atoms. The van der Waals surface area contributed by atoms with Gasteiger partial charge in [-0.2, -0.15) is 11.8 Å². The molecule has 8 N–H and O–H groups in total. The molecule has 4 aromatic carbocycles. The molecule has 0 aromatic heterocycles. The molecular formula is C70H103N7O12SSi2. The van der Waals surface area contributed by atoms with E-state index in [2.05, 4.69) is 105 Å². The fraction of sp³-hybridized carbons (Fsp3) is 0.514. The van der Waals surface area contributed by atoms with Gasteiger partial charge in [-0.1, -0.05) is 184 Å². The van der Waals surface area contributed by atoms with Crippen molar-refractivity contribution < 1.29 is 57.1 Å². The summed E-state index contributed by atoms with van der Waals surface area (Å²) in [5, 5.41) is 25.1. The number of ether oxygens (including phenoxy) is 1. The minimum atomic E-state index is -3.08. The van der Waals surface area contributed by atoms with Gasteiger partial charge in [0.15, 0.2) is 8.32 Å². The highest BCUT2D eigenvalue weighted by molar-refractivity contribution is 7.98. The van der Waals surface area contributed by atoms with Gasteiger partial charge in [0.1, 0.15) is 47.8 Å². The van der Waals surface area contributed by atoms with E-state index in [9.17, 15) is 33.9 Å². The molecule has 92 heavy (non-hydrogen) atoms. The first-order chi connectivity index (χ1) is 43.3. The molecule has 0 fully saturated rings. The van der Waals surface area contributed by atoms with Crippen molar-refractivity contribution in [3.8, 4) is 5.75 Å². The Hall–Kier alpha value is -7.12. The number of hydrogen-bond donors (Lipinski definition) is 7. The molecule has 0 saturated heterocycles. The quantitative estimate of drug-likeness (QED) is 0.00977. The summed E-state index contributed by atoms with van der Waals surface area (Å²) < 4.78 is 19.7. The largest absolute Gasteiger partial charge is 0.534 e. The predicted octanol–water partition coefficient (Wildman–Crippen LogP) is 8.33. The van der Waals surface area contributed by atoms with Crippen LogP contribution in [0, 0.1) is 5.92 Å². The van der Waals surface area contributed by atoms with Crippen LogP contribution in [0.5, 0.6) is 5.75 Å². The highest BCUT2D eigenvalue weighted by Gasteiger charge is 2.52. The maximum Gasteiger partial charge on any atom is 0.352 e. The van der Waals surface area contributed by atoms with E-state index in [0.717, 1.165) is 34.9 Å². The number of esters is 1. The monoisotopic (exact) mass is 1320 g/mol. The predicted molar refractivity (Wildman–Crippen MR) is 370 cm³/mol. The third-order valence-corrected chi connectivity index (χ3v) is 27.1. The maximum absolute atomic E-state index is 15.3. The van der Waals surface area contributed by atoms with Crippen LogP contribution in [0.1, 0.15) is 132 Å². The summed E-state index contributed by atoms with van der Waals surface area (Å²) in [7, 11) is -3.70. The van der Waals surface area contributed by atoms with Crippen LogP contribution in [-0.4, -0.2) is 142 Å². The van der Waals surface area contributed by atoms with Gasteiger partial charge in [0, 0.05) is 32.9 Å². The Morgan fingerprint density at radius 1 is 0.663 bits per heavy atom. The van der Waals surface area contributed by atoms with Crippen LogP contribution >= 0.6 is 11.8 Å². The number of aliphatic carboxylic acids is 1. The fourth-order valence-electron chi connectivity index (χ4n) is 10.3. The number of nitrogens with zero attached hydrogens (tertiary/aromatic N) is 1. The van der Waals surface area contributed by atoms with E-state index in [0.29, 0.717) is 36.5 Å². The van der Waals surface area contributed by atoms with Crippen LogP contribution in [0.15, 0.2) is 127 Å². The van der Waals surface area contributed by atoms with Gasteiger partial charge in [0.05, 0.1) is 6.04 Å². The normalized spacial score (nSPS) is 14.5. The lowest BCUT2D eigenvalue weighted by Crippen LogP contribution is -2.68. The molecule has 7 atom stereocenters. The number of thioether (sulfide) groups is 1. The maximum atomic E-state index is 15.3. The van der Waals surface area contributed by atoms with Gasteiger partial charge in [-0.3, -0.25) is 28.8 Å². The Morgan fingerprint density at radius 2 is 1.22 bits per heavy atom. The summed E-state index contributed by atoms with van der Waals surface area (Å²) in [5.41, 5.74) is 7.38. The molecule has 0 aliphatic rings. The van der Waals surface area contributed by atoms with Crippen molar-refractivity contribution >= 4 is 86.2 Å². The molecule has 0 aliphatic heterocycles. The second-order valence-electron chi connectivity index (χ2n) is 26.4. The molecule has 22 heteroatoms. The van der Waals surface area contributed by atoms with E-state index in [1.165, 1.54) is 37.6 Å². The van der Waals surface area contributed by atoms with Crippen molar-refractivity contribution in [2.24, 2.45) is 11.7 Å². The molecule has 0 saturated carbocycles. The van der Waals surface area contributed by atoms with Gasteiger partial charge in [0.25, 0.3) is 5.91 Å². The van der Waals surface area contributed by atoms with Gasteiger partial charge in [-0.15, -0.1) is 0 Å². The Morgan fingerprint density at radius 3 is 1.73 bits per heavy atom. The van der Waals surface area contributed by atoms with Crippen LogP contribution in [0.4, 0.5) is 0 Å². The zero-order valence-electron chi connectivity index (χ0n) is 56.8. The molecule has 0 heterocycles. The third-order valence-electron chi connectivity index (χ3n) is 16.9. The lowest BCUT2D eigenvalue weighted by molar-refractivity contribution is -0.157. The number of unbranched alkanes of at least 4 members (excludes halogenated alkanes) is 2. The number of likely N-dealkylation sites (N-methyl/N-ethyl adjacent to an activating group) is 1. The standard InChI is InChI=1S/C70H103N7O12SSi2/c1-16-18-22-37-59(78)72-56(42-44-90-13)63(80)76-61(65(82)73-55(17-2)67(84)85)48(5)88-68(86)60(47(3)4)75-64(81)58(46-50-38-40-51(41-39-50)89-92(70(9,10)11,52-32-25-20-26-33-52)53-34-27-21-28-35-53)77(12)66(83)57(45-49-30-23-19-24-31-49)74-62(79)54(71)36-29-43-87-91(14,15)69(6,7)8/h17,19-21,23-28,30-35,38-41,47-48,54,56-58,60-61H,16,18,22,29,36-37,42-46,71H2,1-15H3,(H,72,78)(H,73,82)(H,74,79)(H,75,81)(H,76,80)(H,84,85)/b55-17-/t48-,54+,56+,57+,58+,60+,61+/m1/s1. The zero-order valence-corrected chi connectivity index (χ0v) is 59.6. The summed E-state index contributed by atoms with van der Waals surface area (Å²) in [6.07, 6.45) is 4.84. The number of nitrogens with two attached hydrogens (primary N) is 1. The lowest BCUT2D eigenvalue weighted by atomic mass is 9.99. The molecule has 504 valence electrons. The minimum absolute atomic E-state index is 0.0150. The number of allylic oxidation sites excluding steroid dienone is 1. The fourth-order valence-corrected chi connectivity index (χ4v) is 16.3. The molecule has 0 bridgehead atoms. The van der Waals surface area contributed by atoms with Crippen LogP contribution in [0.25, 0.3) is 0 Å². The van der Waals surface area contributed by atoms with Crippen LogP contribution < -0.4 is 47.1 Å². The molecule has 0 unspecified atom stereocenters. The first-order valence-corrected chi connectivity index (χ1v) is 38.2. The number of benzene rings is 4. The topological polar surface area (TPSA) is 274 Å². The molecule has 0 aliphatic carbocycles. The van der Waals surface area contributed by atoms with Gasteiger partial charge in [-0.05, 0) is 114 Å². The van der Waals surface area contributed by atoms with E-state index in [4.69, 9.17) is 19.3 Å². The summed E-state index contributed by atoms with van der Waals surface area (Å²) in [5.74, 6) is -6.26. The minimum Gasteiger partial charge on any atom is -0.534 e. The van der Waals surface area contributed by atoms with E-state index < -0.39 is 112 Å². The van der Waals surface area contributed by atoms with E-state index in [-0.39, 0.29) is 48.1 Å². The number of carbonyl (C=O) groups is 8.